The van der Waals surface area contributed by atoms with Crippen LogP contribution in [0.4, 0.5) is 10.1 Å². The molecule has 1 amide bonds. The number of nitrogens with zero attached hydrogens (tertiary/aromatic N) is 4. The summed E-state index contributed by atoms with van der Waals surface area (Å²) in [6, 6.07) is 12.3. The second-order valence-corrected chi connectivity index (χ2v) is 7.71. The Labute approximate surface area is 167 Å². The fourth-order valence-electron chi connectivity index (χ4n) is 3.50. The number of benzene rings is 2. The first-order valence-electron chi connectivity index (χ1n) is 9.23. The van der Waals surface area contributed by atoms with E-state index in [9.17, 15) is 9.18 Å². The van der Waals surface area contributed by atoms with Crippen molar-refractivity contribution < 1.29 is 9.18 Å². The van der Waals surface area contributed by atoms with Crippen molar-refractivity contribution in [1.82, 2.24) is 14.5 Å². The Balaban J connectivity index is 1.49. The van der Waals surface area contributed by atoms with Crippen LogP contribution in [0.2, 0.25) is 0 Å². The van der Waals surface area contributed by atoms with Gasteiger partial charge in [0, 0.05) is 37.4 Å². The minimum absolute atomic E-state index is 0.0602. The van der Waals surface area contributed by atoms with E-state index in [1.165, 1.54) is 28.9 Å². The number of aryl methyl sites for hydroxylation is 1. The minimum atomic E-state index is -0.317. The molecule has 0 atom stereocenters. The first-order chi connectivity index (χ1) is 13.5. The summed E-state index contributed by atoms with van der Waals surface area (Å²) in [5.41, 5.74) is 5.02. The molecule has 0 aliphatic carbocycles. The molecule has 2 aromatic carbocycles. The summed E-state index contributed by atoms with van der Waals surface area (Å²) in [5.74, 6) is -0.377. The summed E-state index contributed by atoms with van der Waals surface area (Å²) in [7, 11) is 0. The van der Waals surface area contributed by atoms with E-state index in [1.807, 2.05) is 4.90 Å². The SMILES string of the molecule is Cc1cccc(N2CCN(C(=O)c3snnc3-c3ccc(F)cc3)CC2)c1C. The van der Waals surface area contributed by atoms with Crippen LogP contribution >= 0.6 is 11.5 Å². The monoisotopic (exact) mass is 396 g/mol. The standard InChI is InChI=1S/C21H21FN4OS/c1-14-4-3-5-18(15(14)2)25-10-12-26(13-11-25)21(27)20-19(23-24-28-20)16-6-8-17(22)9-7-16/h3-9H,10-13H2,1-2H3. The summed E-state index contributed by atoms with van der Waals surface area (Å²) in [6.45, 7) is 7.12. The fraction of sp³-hybridized carbons (Fsp3) is 0.286. The van der Waals surface area contributed by atoms with E-state index in [0.717, 1.165) is 24.6 Å². The van der Waals surface area contributed by atoms with Crippen LogP contribution in [0, 0.1) is 19.7 Å². The molecule has 0 radical (unpaired) electrons. The molecule has 1 fully saturated rings. The molecule has 0 saturated carbocycles. The van der Waals surface area contributed by atoms with E-state index in [-0.39, 0.29) is 11.7 Å². The van der Waals surface area contributed by atoms with Crippen molar-refractivity contribution in [1.29, 1.82) is 0 Å². The molecule has 144 valence electrons. The highest BCUT2D eigenvalue weighted by molar-refractivity contribution is 7.08. The van der Waals surface area contributed by atoms with Gasteiger partial charge in [-0.3, -0.25) is 4.79 Å². The minimum Gasteiger partial charge on any atom is -0.368 e. The normalized spacial score (nSPS) is 14.4. The van der Waals surface area contributed by atoms with Gasteiger partial charge in [0.1, 0.15) is 16.4 Å². The summed E-state index contributed by atoms with van der Waals surface area (Å²) in [4.78, 5) is 17.7. The molecule has 7 heteroatoms. The molecule has 1 saturated heterocycles. The Morgan fingerprint density at radius 3 is 2.46 bits per heavy atom. The third-order valence-electron chi connectivity index (χ3n) is 5.28. The first kappa shape index (κ1) is 18.6. The van der Waals surface area contributed by atoms with E-state index in [4.69, 9.17) is 0 Å². The predicted molar refractivity (Wildman–Crippen MR) is 109 cm³/mol. The third-order valence-corrected chi connectivity index (χ3v) is 6.00. The van der Waals surface area contributed by atoms with Gasteiger partial charge in [0.25, 0.3) is 5.91 Å². The highest BCUT2D eigenvalue weighted by Crippen LogP contribution is 2.27. The van der Waals surface area contributed by atoms with Gasteiger partial charge in [0.2, 0.25) is 0 Å². The van der Waals surface area contributed by atoms with Crippen molar-refractivity contribution in [3.05, 3.63) is 64.3 Å². The summed E-state index contributed by atoms with van der Waals surface area (Å²) >= 11 is 1.09. The molecule has 0 N–H and O–H groups in total. The number of amides is 1. The van der Waals surface area contributed by atoms with Gasteiger partial charge in [0.15, 0.2) is 0 Å². The fourth-order valence-corrected chi connectivity index (χ4v) is 4.16. The van der Waals surface area contributed by atoms with Crippen molar-refractivity contribution in [3.63, 3.8) is 0 Å². The van der Waals surface area contributed by atoms with E-state index in [0.29, 0.717) is 29.2 Å². The average Bonchev–Trinajstić information content (AvgIpc) is 3.20. The van der Waals surface area contributed by atoms with Crippen LogP contribution in [0.15, 0.2) is 42.5 Å². The van der Waals surface area contributed by atoms with E-state index < -0.39 is 0 Å². The van der Waals surface area contributed by atoms with Crippen molar-refractivity contribution in [2.75, 3.05) is 31.1 Å². The molecule has 1 aliphatic rings. The molecule has 1 aromatic heterocycles. The van der Waals surface area contributed by atoms with Gasteiger partial charge < -0.3 is 9.80 Å². The van der Waals surface area contributed by atoms with Gasteiger partial charge in [-0.05, 0) is 66.8 Å². The number of aromatic nitrogens is 2. The lowest BCUT2D eigenvalue weighted by Gasteiger charge is -2.36. The Morgan fingerprint density at radius 2 is 1.75 bits per heavy atom. The maximum atomic E-state index is 13.2. The van der Waals surface area contributed by atoms with Crippen molar-refractivity contribution >= 4 is 23.1 Å². The highest BCUT2D eigenvalue weighted by atomic mass is 32.1. The van der Waals surface area contributed by atoms with Gasteiger partial charge in [-0.1, -0.05) is 16.6 Å². The topological polar surface area (TPSA) is 49.3 Å². The summed E-state index contributed by atoms with van der Waals surface area (Å²) in [6.07, 6.45) is 0. The lowest BCUT2D eigenvalue weighted by Crippen LogP contribution is -2.49. The molecule has 2 heterocycles. The molecule has 1 aliphatic heterocycles. The number of carbonyl (C=O) groups excluding carboxylic acids is 1. The number of hydrogen-bond donors (Lipinski definition) is 0. The maximum absolute atomic E-state index is 13.2. The second kappa shape index (κ2) is 7.67. The lowest BCUT2D eigenvalue weighted by molar-refractivity contribution is 0.0752. The van der Waals surface area contributed by atoms with Crippen molar-refractivity contribution in [2.45, 2.75) is 13.8 Å². The third kappa shape index (κ3) is 3.49. The number of carbonyl (C=O) groups is 1. The average molecular weight is 396 g/mol. The van der Waals surface area contributed by atoms with Crippen LogP contribution in [0.5, 0.6) is 0 Å². The van der Waals surface area contributed by atoms with E-state index in [1.54, 1.807) is 12.1 Å². The van der Waals surface area contributed by atoms with Crippen molar-refractivity contribution in [2.24, 2.45) is 0 Å². The number of hydrogen-bond acceptors (Lipinski definition) is 5. The van der Waals surface area contributed by atoms with Crippen LogP contribution < -0.4 is 4.90 Å². The quantitative estimate of drug-likeness (QED) is 0.673. The Kier molecular flexibility index (Phi) is 5.09. The molecule has 0 bridgehead atoms. The Hall–Kier alpha value is -2.80. The molecule has 0 unspecified atom stereocenters. The van der Waals surface area contributed by atoms with Gasteiger partial charge in [0.05, 0.1) is 0 Å². The van der Waals surface area contributed by atoms with E-state index in [2.05, 4.69) is 46.5 Å². The van der Waals surface area contributed by atoms with Gasteiger partial charge in [-0.15, -0.1) is 5.10 Å². The Bertz CT molecular complexity index is 994. The first-order valence-corrected chi connectivity index (χ1v) is 10.0. The summed E-state index contributed by atoms with van der Waals surface area (Å²) in [5, 5.41) is 4.10. The van der Waals surface area contributed by atoms with Crippen LogP contribution in [-0.4, -0.2) is 46.6 Å². The zero-order chi connectivity index (χ0) is 19.7. The highest BCUT2D eigenvalue weighted by Gasteiger charge is 2.27. The number of anilines is 1. The van der Waals surface area contributed by atoms with Crippen LogP contribution in [0.3, 0.4) is 0 Å². The Morgan fingerprint density at radius 1 is 1.04 bits per heavy atom. The molecular formula is C21H21FN4OS. The van der Waals surface area contributed by atoms with Gasteiger partial charge in [-0.25, -0.2) is 4.39 Å². The molecule has 0 spiro atoms. The molecule has 4 rings (SSSR count). The number of rotatable bonds is 3. The van der Waals surface area contributed by atoms with E-state index >= 15 is 0 Å². The largest absolute Gasteiger partial charge is 0.368 e. The molecule has 3 aromatic rings. The van der Waals surface area contributed by atoms with Crippen molar-refractivity contribution in [3.8, 4) is 11.3 Å². The smallest absolute Gasteiger partial charge is 0.268 e. The zero-order valence-corrected chi connectivity index (χ0v) is 16.7. The van der Waals surface area contributed by atoms with Gasteiger partial charge >= 0.3 is 0 Å². The predicted octanol–water partition coefficient (Wildman–Crippen LogP) is 3.92. The van der Waals surface area contributed by atoms with Crippen LogP contribution in [0.25, 0.3) is 11.3 Å². The zero-order valence-electron chi connectivity index (χ0n) is 15.9. The lowest BCUT2D eigenvalue weighted by atomic mass is 10.1. The van der Waals surface area contributed by atoms with Crippen LogP contribution in [-0.2, 0) is 0 Å². The number of piperazine rings is 1. The summed E-state index contributed by atoms with van der Waals surface area (Å²) < 4.78 is 17.2. The number of halogens is 1. The molecule has 28 heavy (non-hydrogen) atoms. The van der Waals surface area contributed by atoms with Crippen LogP contribution in [0.1, 0.15) is 20.8 Å². The maximum Gasteiger partial charge on any atom is 0.268 e. The molecule has 5 nitrogen and oxygen atoms in total. The molecular weight excluding hydrogens is 375 g/mol. The second-order valence-electron chi connectivity index (χ2n) is 6.96. The van der Waals surface area contributed by atoms with Gasteiger partial charge in [-0.2, -0.15) is 0 Å².